The lowest BCUT2D eigenvalue weighted by molar-refractivity contribution is 0.0936. The molecule has 0 bridgehead atoms. The van der Waals surface area contributed by atoms with Crippen LogP contribution in [0.3, 0.4) is 0 Å². The average Bonchev–Trinajstić information content (AvgIpc) is 2.93. The van der Waals surface area contributed by atoms with E-state index in [1.54, 1.807) is 0 Å². The number of hydrogen-bond acceptors (Lipinski definition) is 7. The smallest absolute Gasteiger partial charge is 0.257 e. The molecule has 0 aliphatic heterocycles. The second kappa shape index (κ2) is 11.9. The van der Waals surface area contributed by atoms with Gasteiger partial charge in [-0.3, -0.25) is 4.79 Å². The standard InChI is InChI=1S/C24H15ClF5N7O3/c1-39-15-7-11-14(33-9-34-23(11)35-13-3-2-10(25)6-12(13)26)8-16(15)40-5-4-32-24(38)17-18(27)20(29)22(36-37-31)21(30)19(17)28/h2-3,6-9H,4-5H2,1H3,(H,32,38)(H,33,34,35). The van der Waals surface area contributed by atoms with Gasteiger partial charge in [0.15, 0.2) is 34.8 Å². The first-order valence-corrected chi connectivity index (χ1v) is 11.4. The molecule has 3 aromatic carbocycles. The molecule has 206 valence electrons. The minimum atomic E-state index is -2.03. The maximum Gasteiger partial charge on any atom is 0.257 e. The van der Waals surface area contributed by atoms with Crippen molar-refractivity contribution in [1.82, 2.24) is 15.3 Å². The summed E-state index contributed by atoms with van der Waals surface area (Å²) < 4.78 is 81.5. The van der Waals surface area contributed by atoms with Crippen molar-refractivity contribution in [2.24, 2.45) is 5.11 Å². The van der Waals surface area contributed by atoms with Crippen LogP contribution in [0.2, 0.25) is 5.02 Å². The monoisotopic (exact) mass is 579 g/mol. The molecule has 0 saturated heterocycles. The molecule has 0 saturated carbocycles. The van der Waals surface area contributed by atoms with Gasteiger partial charge in [-0.15, -0.1) is 0 Å². The second-order valence-electron chi connectivity index (χ2n) is 7.77. The van der Waals surface area contributed by atoms with Gasteiger partial charge in [0.2, 0.25) is 0 Å². The third kappa shape index (κ3) is 5.60. The maximum absolute atomic E-state index is 14.3. The van der Waals surface area contributed by atoms with Gasteiger partial charge in [0.25, 0.3) is 5.91 Å². The minimum absolute atomic E-state index is 0.111. The Morgan fingerprint density at radius 2 is 1.77 bits per heavy atom. The predicted molar refractivity (Wildman–Crippen MR) is 134 cm³/mol. The first kappa shape index (κ1) is 28.1. The Morgan fingerprint density at radius 1 is 1.05 bits per heavy atom. The molecule has 2 N–H and O–H groups in total. The molecule has 0 radical (unpaired) electrons. The fourth-order valence-electron chi connectivity index (χ4n) is 3.52. The number of carbonyl (C=O) groups is 1. The Bertz CT molecular complexity index is 1660. The quantitative estimate of drug-likeness (QED) is 0.0582. The molecule has 0 aliphatic carbocycles. The predicted octanol–water partition coefficient (Wildman–Crippen LogP) is 6.48. The van der Waals surface area contributed by atoms with Crippen LogP contribution in [-0.4, -0.2) is 36.1 Å². The van der Waals surface area contributed by atoms with Crippen molar-refractivity contribution in [3.05, 3.63) is 86.8 Å². The number of fused-ring (bicyclic) bond motifs is 1. The average molecular weight is 580 g/mol. The van der Waals surface area contributed by atoms with Gasteiger partial charge in [-0.1, -0.05) is 16.7 Å². The van der Waals surface area contributed by atoms with E-state index in [9.17, 15) is 26.7 Å². The van der Waals surface area contributed by atoms with E-state index >= 15 is 0 Å². The Morgan fingerprint density at radius 3 is 2.42 bits per heavy atom. The molecular formula is C24H15ClF5N7O3. The largest absolute Gasteiger partial charge is 0.493 e. The van der Waals surface area contributed by atoms with Gasteiger partial charge < -0.3 is 20.1 Å². The van der Waals surface area contributed by atoms with Crippen molar-refractivity contribution in [1.29, 1.82) is 0 Å². The van der Waals surface area contributed by atoms with Gasteiger partial charge >= 0.3 is 0 Å². The van der Waals surface area contributed by atoms with Crippen molar-refractivity contribution < 1.29 is 36.2 Å². The Labute approximate surface area is 226 Å². The highest BCUT2D eigenvalue weighted by molar-refractivity contribution is 6.30. The Balaban J connectivity index is 1.49. The van der Waals surface area contributed by atoms with Crippen molar-refractivity contribution in [3.8, 4) is 11.5 Å². The SMILES string of the molecule is COc1cc2c(Nc3ccc(Cl)cc3F)ncnc2cc1OCCNC(=O)c1c(F)c(F)c(N=[N+]=[N-])c(F)c1F. The molecule has 1 heterocycles. The lowest BCUT2D eigenvalue weighted by Gasteiger charge is -2.14. The topological polar surface area (TPSA) is 134 Å². The highest BCUT2D eigenvalue weighted by atomic mass is 35.5. The molecule has 10 nitrogen and oxygen atoms in total. The first-order valence-electron chi connectivity index (χ1n) is 11.0. The molecule has 4 rings (SSSR count). The minimum Gasteiger partial charge on any atom is -0.493 e. The van der Waals surface area contributed by atoms with Crippen LogP contribution < -0.4 is 20.1 Å². The third-order valence-corrected chi connectivity index (χ3v) is 5.60. The molecule has 0 aliphatic rings. The molecule has 40 heavy (non-hydrogen) atoms. The first-order chi connectivity index (χ1) is 19.2. The van der Waals surface area contributed by atoms with Crippen LogP contribution in [0.15, 0.2) is 41.8 Å². The summed E-state index contributed by atoms with van der Waals surface area (Å²) in [6.07, 6.45) is 1.23. The van der Waals surface area contributed by atoms with Crippen molar-refractivity contribution in [3.63, 3.8) is 0 Å². The number of halogens is 6. The number of aromatic nitrogens is 2. The van der Waals surface area contributed by atoms with Crippen LogP contribution in [0, 0.1) is 29.1 Å². The summed E-state index contributed by atoms with van der Waals surface area (Å²) in [5.74, 6) is -9.59. The normalized spacial score (nSPS) is 10.7. The van der Waals surface area contributed by atoms with Crippen molar-refractivity contribution in [2.45, 2.75) is 0 Å². The number of methoxy groups -OCH3 is 1. The van der Waals surface area contributed by atoms with Crippen LogP contribution >= 0.6 is 11.6 Å². The van der Waals surface area contributed by atoms with E-state index < -0.39 is 46.2 Å². The summed E-state index contributed by atoms with van der Waals surface area (Å²) in [5, 5.41) is 8.14. The number of amides is 1. The molecular weight excluding hydrogens is 565 g/mol. The summed E-state index contributed by atoms with van der Waals surface area (Å²) >= 11 is 5.79. The molecule has 16 heteroatoms. The number of nitrogens with one attached hydrogen (secondary N) is 2. The summed E-state index contributed by atoms with van der Waals surface area (Å²) in [7, 11) is 1.35. The highest BCUT2D eigenvalue weighted by Gasteiger charge is 2.28. The Hall–Kier alpha value is -4.88. The number of hydrogen-bond donors (Lipinski definition) is 2. The van der Waals surface area contributed by atoms with Gasteiger partial charge in [0.05, 0.1) is 24.9 Å². The van der Waals surface area contributed by atoms with E-state index in [4.69, 9.17) is 26.6 Å². The zero-order chi connectivity index (χ0) is 29.0. The number of benzene rings is 3. The van der Waals surface area contributed by atoms with Gasteiger partial charge in [-0.2, -0.15) is 0 Å². The summed E-state index contributed by atoms with van der Waals surface area (Å²) in [4.78, 5) is 22.6. The van der Waals surface area contributed by atoms with Crippen LogP contribution in [0.5, 0.6) is 11.5 Å². The zero-order valence-electron chi connectivity index (χ0n) is 20.1. The molecule has 1 aromatic heterocycles. The van der Waals surface area contributed by atoms with Crippen molar-refractivity contribution >= 4 is 45.6 Å². The second-order valence-corrected chi connectivity index (χ2v) is 8.20. The summed E-state index contributed by atoms with van der Waals surface area (Å²) in [5.41, 5.74) is 5.70. The van der Waals surface area contributed by atoms with Crippen LogP contribution in [0.4, 0.5) is 39.1 Å². The third-order valence-electron chi connectivity index (χ3n) is 5.36. The number of rotatable bonds is 9. The molecule has 0 atom stereocenters. The van der Waals surface area contributed by atoms with Gasteiger partial charge in [0, 0.05) is 21.4 Å². The van der Waals surface area contributed by atoms with Gasteiger partial charge in [0.1, 0.15) is 35.8 Å². The fourth-order valence-corrected chi connectivity index (χ4v) is 3.68. The lowest BCUT2D eigenvalue weighted by atomic mass is 10.1. The number of azide groups is 1. The molecule has 0 fully saturated rings. The van der Waals surface area contributed by atoms with Crippen LogP contribution in [0.25, 0.3) is 21.3 Å². The Kier molecular flexibility index (Phi) is 8.36. The number of carbonyl (C=O) groups excluding carboxylic acids is 1. The van der Waals surface area contributed by atoms with Gasteiger partial charge in [-0.05, 0) is 29.8 Å². The maximum atomic E-state index is 14.3. The van der Waals surface area contributed by atoms with Crippen LogP contribution in [-0.2, 0) is 0 Å². The zero-order valence-corrected chi connectivity index (χ0v) is 20.9. The van der Waals surface area contributed by atoms with E-state index in [1.807, 2.05) is 0 Å². The number of nitrogens with zero attached hydrogens (tertiary/aromatic N) is 5. The molecule has 0 unspecified atom stereocenters. The number of ether oxygens (including phenoxy) is 2. The summed E-state index contributed by atoms with van der Waals surface area (Å²) in [6, 6.07) is 7.05. The summed E-state index contributed by atoms with van der Waals surface area (Å²) in [6.45, 7) is -0.628. The fraction of sp³-hybridized carbons (Fsp3) is 0.125. The van der Waals surface area contributed by atoms with E-state index in [1.165, 1.54) is 37.7 Å². The molecule has 1 amide bonds. The van der Waals surface area contributed by atoms with E-state index in [-0.39, 0.29) is 41.2 Å². The molecule has 0 spiro atoms. The van der Waals surface area contributed by atoms with E-state index in [0.29, 0.717) is 10.9 Å². The lowest BCUT2D eigenvalue weighted by Crippen LogP contribution is -2.30. The van der Waals surface area contributed by atoms with Gasteiger partial charge in [-0.25, -0.2) is 31.9 Å². The van der Waals surface area contributed by atoms with Crippen LogP contribution in [0.1, 0.15) is 10.4 Å². The highest BCUT2D eigenvalue weighted by Crippen LogP contribution is 2.35. The van der Waals surface area contributed by atoms with E-state index in [2.05, 4.69) is 30.6 Å². The number of anilines is 2. The molecule has 4 aromatic rings. The van der Waals surface area contributed by atoms with Crippen molar-refractivity contribution in [2.75, 3.05) is 25.6 Å². The van der Waals surface area contributed by atoms with E-state index in [0.717, 1.165) is 6.07 Å².